The number of rotatable bonds is 2. The molecular formula is C13H26N2O2. The van der Waals surface area contributed by atoms with Gasteiger partial charge in [-0.2, -0.15) is 0 Å². The van der Waals surface area contributed by atoms with Gasteiger partial charge in [0.25, 0.3) is 0 Å². The highest BCUT2D eigenvalue weighted by atomic mass is 16.7. The lowest BCUT2D eigenvalue weighted by Gasteiger charge is -2.49. The van der Waals surface area contributed by atoms with Gasteiger partial charge in [-0.25, -0.2) is 0 Å². The summed E-state index contributed by atoms with van der Waals surface area (Å²) in [5.74, 6) is -0.393. The normalized spacial score (nSPS) is 47.3. The van der Waals surface area contributed by atoms with Gasteiger partial charge in [0.2, 0.25) is 0 Å². The maximum Gasteiger partial charge on any atom is 0.168 e. The van der Waals surface area contributed by atoms with Gasteiger partial charge in [0.05, 0.1) is 18.8 Å². The minimum absolute atomic E-state index is 0.0139. The zero-order valence-electron chi connectivity index (χ0n) is 11.1. The van der Waals surface area contributed by atoms with Gasteiger partial charge in [-0.05, 0) is 25.7 Å². The van der Waals surface area contributed by atoms with Crippen LogP contribution in [0.5, 0.6) is 0 Å². The van der Waals surface area contributed by atoms with E-state index in [1.54, 1.807) is 0 Å². The van der Waals surface area contributed by atoms with Gasteiger partial charge in [-0.1, -0.05) is 13.8 Å². The molecule has 1 saturated heterocycles. The lowest BCUT2D eigenvalue weighted by atomic mass is 9.77. The largest absolute Gasteiger partial charge is 0.348 e. The van der Waals surface area contributed by atoms with Crippen molar-refractivity contribution in [1.82, 2.24) is 0 Å². The zero-order chi connectivity index (χ0) is 12.6. The predicted molar refractivity (Wildman–Crippen MR) is 67.5 cm³/mol. The van der Waals surface area contributed by atoms with E-state index in [-0.39, 0.29) is 11.1 Å². The van der Waals surface area contributed by atoms with Gasteiger partial charge in [-0.3, -0.25) is 0 Å². The lowest BCUT2D eigenvalue weighted by Crippen LogP contribution is -2.60. The Bertz CT molecular complexity index is 233. The molecule has 0 bridgehead atoms. The molecule has 0 atom stereocenters. The van der Waals surface area contributed by atoms with E-state index in [4.69, 9.17) is 20.9 Å². The first-order valence-corrected chi connectivity index (χ1v) is 6.81. The number of nitrogens with two attached hydrogens (primary N) is 2. The third kappa shape index (κ3) is 2.65. The first-order chi connectivity index (χ1) is 7.95. The van der Waals surface area contributed by atoms with Gasteiger partial charge in [0.1, 0.15) is 0 Å². The molecule has 0 aromatic heterocycles. The third-order valence-corrected chi connectivity index (χ3v) is 4.66. The summed E-state index contributed by atoms with van der Waals surface area (Å²) >= 11 is 0. The van der Waals surface area contributed by atoms with Crippen molar-refractivity contribution in [3.05, 3.63) is 0 Å². The van der Waals surface area contributed by atoms with Crippen LogP contribution < -0.4 is 11.5 Å². The highest BCUT2D eigenvalue weighted by Crippen LogP contribution is 2.41. The van der Waals surface area contributed by atoms with Crippen molar-refractivity contribution < 1.29 is 9.47 Å². The molecule has 4 heteroatoms. The van der Waals surface area contributed by atoms with E-state index < -0.39 is 5.79 Å². The summed E-state index contributed by atoms with van der Waals surface area (Å²) < 4.78 is 11.9. The van der Waals surface area contributed by atoms with E-state index in [1.807, 2.05) is 0 Å². The van der Waals surface area contributed by atoms with Gasteiger partial charge in [0.15, 0.2) is 5.79 Å². The molecule has 2 aliphatic rings. The van der Waals surface area contributed by atoms with E-state index in [2.05, 4.69) is 13.8 Å². The van der Waals surface area contributed by atoms with Gasteiger partial charge >= 0.3 is 0 Å². The third-order valence-electron chi connectivity index (χ3n) is 4.66. The van der Waals surface area contributed by atoms with Crippen molar-refractivity contribution in [1.29, 1.82) is 0 Å². The summed E-state index contributed by atoms with van der Waals surface area (Å²) in [6.45, 7) is 5.44. The summed E-state index contributed by atoms with van der Waals surface area (Å²) in [5.41, 5.74) is 12.1. The molecule has 0 radical (unpaired) electrons. The Morgan fingerprint density at radius 1 is 0.824 bits per heavy atom. The standard InChI is InChI=1S/C13H26N2O2/c1-3-11(14)5-7-13(8-6-11)16-9-12(15,4-2)10-17-13/h3-10,14-15H2,1-2H3. The molecule has 2 fully saturated rings. The summed E-state index contributed by atoms with van der Waals surface area (Å²) in [7, 11) is 0. The summed E-state index contributed by atoms with van der Waals surface area (Å²) in [6.07, 6.45) is 5.67. The lowest BCUT2D eigenvalue weighted by molar-refractivity contribution is -0.302. The van der Waals surface area contributed by atoms with E-state index >= 15 is 0 Å². The maximum absolute atomic E-state index is 6.29. The van der Waals surface area contributed by atoms with Crippen LogP contribution in [0.1, 0.15) is 52.4 Å². The Morgan fingerprint density at radius 3 is 1.71 bits per heavy atom. The molecule has 1 heterocycles. The summed E-state index contributed by atoms with van der Waals surface area (Å²) in [4.78, 5) is 0. The van der Waals surface area contributed by atoms with E-state index in [9.17, 15) is 0 Å². The molecule has 0 unspecified atom stereocenters. The number of hydrogen-bond acceptors (Lipinski definition) is 4. The monoisotopic (exact) mass is 242 g/mol. The molecule has 0 amide bonds. The molecule has 4 nitrogen and oxygen atoms in total. The SMILES string of the molecule is CCC1(N)CCC2(CC1)OCC(N)(CC)CO2. The molecule has 100 valence electrons. The van der Waals surface area contributed by atoms with Crippen molar-refractivity contribution in [2.45, 2.75) is 69.2 Å². The molecule has 1 saturated carbocycles. The maximum atomic E-state index is 6.29. The summed E-state index contributed by atoms with van der Waals surface area (Å²) in [6, 6.07) is 0. The van der Waals surface area contributed by atoms with E-state index in [0.29, 0.717) is 13.2 Å². The van der Waals surface area contributed by atoms with E-state index in [1.165, 1.54) is 0 Å². The van der Waals surface area contributed by atoms with Crippen LogP contribution in [0.2, 0.25) is 0 Å². The van der Waals surface area contributed by atoms with Gasteiger partial charge in [-0.15, -0.1) is 0 Å². The zero-order valence-corrected chi connectivity index (χ0v) is 11.1. The van der Waals surface area contributed by atoms with Crippen LogP contribution in [0.25, 0.3) is 0 Å². The molecule has 1 aliphatic carbocycles. The highest BCUT2D eigenvalue weighted by Gasteiger charge is 2.46. The fraction of sp³-hybridized carbons (Fsp3) is 1.00. The van der Waals surface area contributed by atoms with Crippen LogP contribution >= 0.6 is 0 Å². The number of hydrogen-bond donors (Lipinski definition) is 2. The Balaban J connectivity index is 1.93. The van der Waals surface area contributed by atoms with Crippen molar-refractivity contribution in [2.24, 2.45) is 11.5 Å². The average Bonchev–Trinajstić information content (AvgIpc) is 2.37. The molecule has 4 N–H and O–H groups in total. The van der Waals surface area contributed by atoms with Gasteiger partial charge in [0, 0.05) is 18.4 Å². The van der Waals surface area contributed by atoms with E-state index in [0.717, 1.165) is 38.5 Å². The fourth-order valence-corrected chi connectivity index (χ4v) is 2.61. The smallest absolute Gasteiger partial charge is 0.168 e. The Morgan fingerprint density at radius 2 is 1.29 bits per heavy atom. The molecule has 0 aromatic rings. The average molecular weight is 242 g/mol. The van der Waals surface area contributed by atoms with Gasteiger partial charge < -0.3 is 20.9 Å². The Hall–Kier alpha value is -0.160. The predicted octanol–water partition coefficient (Wildman–Crippen LogP) is 1.52. The van der Waals surface area contributed by atoms with Crippen molar-refractivity contribution in [3.8, 4) is 0 Å². The fourth-order valence-electron chi connectivity index (χ4n) is 2.61. The molecule has 17 heavy (non-hydrogen) atoms. The Labute approximate surface area is 104 Å². The highest BCUT2D eigenvalue weighted by molar-refractivity contribution is 4.96. The quantitative estimate of drug-likeness (QED) is 0.770. The molecule has 1 spiro atoms. The number of ether oxygens (including phenoxy) is 2. The van der Waals surface area contributed by atoms with Crippen LogP contribution in [0.3, 0.4) is 0 Å². The van der Waals surface area contributed by atoms with Crippen LogP contribution in [0.15, 0.2) is 0 Å². The van der Waals surface area contributed by atoms with Crippen LogP contribution in [-0.4, -0.2) is 30.1 Å². The summed E-state index contributed by atoms with van der Waals surface area (Å²) in [5, 5.41) is 0. The van der Waals surface area contributed by atoms with Crippen LogP contribution in [0, 0.1) is 0 Å². The first kappa shape index (κ1) is 13.3. The minimum atomic E-state index is -0.393. The second-order valence-corrected chi connectivity index (χ2v) is 5.92. The minimum Gasteiger partial charge on any atom is -0.348 e. The molecule has 2 rings (SSSR count). The van der Waals surface area contributed by atoms with Crippen LogP contribution in [-0.2, 0) is 9.47 Å². The molecule has 1 aliphatic heterocycles. The molecule has 0 aromatic carbocycles. The van der Waals surface area contributed by atoms with Crippen LogP contribution in [0.4, 0.5) is 0 Å². The topological polar surface area (TPSA) is 70.5 Å². The molecular weight excluding hydrogens is 216 g/mol. The first-order valence-electron chi connectivity index (χ1n) is 6.81. The second-order valence-electron chi connectivity index (χ2n) is 5.92. The van der Waals surface area contributed by atoms with Crippen molar-refractivity contribution >= 4 is 0 Å². The van der Waals surface area contributed by atoms with Crippen molar-refractivity contribution in [3.63, 3.8) is 0 Å². The Kier molecular flexibility index (Phi) is 3.51. The van der Waals surface area contributed by atoms with Crippen molar-refractivity contribution in [2.75, 3.05) is 13.2 Å². The second kappa shape index (κ2) is 4.50.